The smallest absolute Gasteiger partial charge is 0.337 e. The van der Waals surface area contributed by atoms with Gasteiger partial charge in [0.2, 0.25) is 17.2 Å². The van der Waals surface area contributed by atoms with E-state index < -0.39 is 42.5 Å². The summed E-state index contributed by atoms with van der Waals surface area (Å²) >= 11 is 6.03. The number of nitrogens with one attached hydrogen (secondary N) is 2. The average molecular weight is 672 g/mol. The molecule has 0 unspecified atom stereocenters. The number of benzene rings is 4. The van der Waals surface area contributed by atoms with Crippen LogP contribution in [-0.2, 0) is 20.2 Å². The molecule has 0 amide bonds. The van der Waals surface area contributed by atoms with Crippen LogP contribution in [0.4, 0.5) is 34.6 Å². The van der Waals surface area contributed by atoms with E-state index in [1.54, 1.807) is 0 Å². The van der Waals surface area contributed by atoms with Crippen molar-refractivity contribution in [1.82, 2.24) is 15.0 Å². The van der Waals surface area contributed by atoms with Crippen LogP contribution in [0.25, 0.3) is 10.8 Å². The lowest BCUT2D eigenvalue weighted by atomic mass is 10.1. The highest BCUT2D eigenvalue weighted by Gasteiger charge is 2.23. The van der Waals surface area contributed by atoms with E-state index >= 15 is 0 Å². The third-order valence-electron chi connectivity index (χ3n) is 5.97. The first-order valence-electron chi connectivity index (χ1n) is 12.2. The third kappa shape index (κ3) is 7.11. The van der Waals surface area contributed by atoms with Crippen LogP contribution in [0, 0.1) is 0 Å². The van der Waals surface area contributed by atoms with Gasteiger partial charge in [-0.15, -0.1) is 10.2 Å². The second-order valence-corrected chi connectivity index (χ2v) is 12.2. The van der Waals surface area contributed by atoms with Crippen LogP contribution in [0.5, 0.6) is 5.75 Å². The summed E-state index contributed by atoms with van der Waals surface area (Å²) < 4.78 is 66.6. The van der Waals surface area contributed by atoms with Crippen LogP contribution in [-0.4, -0.2) is 57.1 Å². The van der Waals surface area contributed by atoms with Crippen molar-refractivity contribution in [3.05, 3.63) is 83.6 Å². The molecule has 4 aromatic carbocycles. The number of carbonyl (C=O) groups is 1. The second-order valence-electron chi connectivity index (χ2n) is 9.01. The Balaban J connectivity index is 1.49. The highest BCUT2D eigenvalue weighted by molar-refractivity contribution is 7.86. The molecule has 45 heavy (non-hydrogen) atoms. The van der Waals surface area contributed by atoms with Crippen molar-refractivity contribution in [1.29, 1.82) is 0 Å². The monoisotopic (exact) mass is 671 g/mol. The molecule has 16 nitrogen and oxygen atoms in total. The largest absolute Gasteiger partial charge is 0.505 e. The molecule has 1 aromatic heterocycles. The number of aromatic nitrogens is 3. The average Bonchev–Trinajstić information content (AvgIpc) is 2.95. The van der Waals surface area contributed by atoms with E-state index in [1.807, 2.05) is 0 Å². The van der Waals surface area contributed by atoms with Crippen molar-refractivity contribution < 1.29 is 40.9 Å². The number of carboxylic acid groups (broad SMARTS) is 1. The summed E-state index contributed by atoms with van der Waals surface area (Å²) in [6, 6.07) is 16.0. The fourth-order valence-corrected chi connectivity index (χ4v) is 5.37. The molecule has 1 heterocycles. The van der Waals surface area contributed by atoms with Gasteiger partial charge in [-0.2, -0.15) is 31.8 Å². The first-order chi connectivity index (χ1) is 21.2. The minimum Gasteiger partial charge on any atom is -0.505 e. The van der Waals surface area contributed by atoms with Crippen LogP contribution in [0.2, 0.25) is 5.28 Å². The van der Waals surface area contributed by atoms with Gasteiger partial charge in [0.25, 0.3) is 20.2 Å². The van der Waals surface area contributed by atoms with Crippen LogP contribution < -0.4 is 10.6 Å². The lowest BCUT2D eigenvalue weighted by Gasteiger charge is -2.12. The first kappa shape index (κ1) is 31.2. The number of anilines is 4. The molecule has 0 bridgehead atoms. The maximum absolute atomic E-state index is 12.3. The van der Waals surface area contributed by atoms with Gasteiger partial charge < -0.3 is 20.8 Å². The molecular weight excluding hydrogens is 654 g/mol. The maximum atomic E-state index is 12.3. The Labute approximate surface area is 258 Å². The fourth-order valence-electron chi connectivity index (χ4n) is 4.02. The molecule has 0 saturated heterocycles. The van der Waals surface area contributed by atoms with E-state index in [4.69, 9.17) is 11.6 Å². The van der Waals surface area contributed by atoms with Crippen LogP contribution in [0.3, 0.4) is 0 Å². The fraction of sp³-hybridized carbons (Fsp3) is 0. The summed E-state index contributed by atoms with van der Waals surface area (Å²) in [5.41, 5.74) is -0.495. The quantitative estimate of drug-likeness (QED) is 0.0838. The number of carboxylic acids is 1. The number of phenolic OH excluding ortho intramolecular Hbond substituents is 1. The van der Waals surface area contributed by atoms with Gasteiger partial charge in [-0.3, -0.25) is 9.11 Å². The summed E-state index contributed by atoms with van der Waals surface area (Å²) in [6.07, 6.45) is 0. The number of nitrogens with zero attached hydrogens (tertiary/aromatic N) is 5. The summed E-state index contributed by atoms with van der Waals surface area (Å²) in [6.45, 7) is 0. The first-order valence-corrected chi connectivity index (χ1v) is 15.5. The normalized spacial score (nSPS) is 12.0. The van der Waals surface area contributed by atoms with E-state index in [9.17, 15) is 40.9 Å². The van der Waals surface area contributed by atoms with Gasteiger partial charge in [-0.05, 0) is 71.6 Å². The number of hydrogen-bond donors (Lipinski definition) is 6. The lowest BCUT2D eigenvalue weighted by Crippen LogP contribution is -2.05. The number of aromatic carboxylic acids is 1. The van der Waals surface area contributed by atoms with Gasteiger partial charge in [-0.1, -0.05) is 18.2 Å². The summed E-state index contributed by atoms with van der Waals surface area (Å²) in [4.78, 5) is 22.4. The molecule has 0 fully saturated rings. The Hall–Kier alpha value is -5.27. The predicted octanol–water partition coefficient (Wildman–Crippen LogP) is 5.48. The molecule has 0 saturated carbocycles. The Morgan fingerprint density at radius 1 is 0.778 bits per heavy atom. The van der Waals surface area contributed by atoms with Gasteiger partial charge in [0.15, 0.2) is 5.75 Å². The Morgan fingerprint density at radius 3 is 2.09 bits per heavy atom. The summed E-state index contributed by atoms with van der Waals surface area (Å²) in [5, 5.41) is 33.4. The number of rotatable bonds is 9. The number of fused-ring (bicyclic) bond motifs is 1. The predicted molar refractivity (Wildman–Crippen MR) is 161 cm³/mol. The number of halogens is 1. The molecule has 19 heteroatoms. The van der Waals surface area contributed by atoms with Crippen molar-refractivity contribution in [2.24, 2.45) is 10.2 Å². The van der Waals surface area contributed by atoms with E-state index in [1.165, 1.54) is 60.7 Å². The van der Waals surface area contributed by atoms with E-state index in [-0.39, 0.29) is 55.5 Å². The Bertz CT molecular complexity index is 2250. The van der Waals surface area contributed by atoms with Gasteiger partial charge in [-0.25, -0.2) is 4.79 Å². The molecule has 0 aliphatic rings. The van der Waals surface area contributed by atoms with E-state index in [0.717, 1.165) is 12.1 Å². The highest BCUT2D eigenvalue weighted by Crippen LogP contribution is 2.42. The molecule has 6 N–H and O–H groups in total. The molecule has 0 radical (unpaired) electrons. The molecule has 5 aromatic rings. The maximum Gasteiger partial charge on any atom is 0.337 e. The number of hydrogen-bond acceptors (Lipinski definition) is 13. The van der Waals surface area contributed by atoms with Crippen LogP contribution in [0.15, 0.2) is 92.8 Å². The van der Waals surface area contributed by atoms with Crippen molar-refractivity contribution in [3.63, 3.8) is 0 Å². The summed E-state index contributed by atoms with van der Waals surface area (Å²) in [5.74, 6) is -2.16. The van der Waals surface area contributed by atoms with Gasteiger partial charge in [0.1, 0.15) is 16.3 Å². The highest BCUT2D eigenvalue weighted by atomic mass is 35.5. The van der Waals surface area contributed by atoms with Crippen molar-refractivity contribution in [3.8, 4) is 5.75 Å². The van der Waals surface area contributed by atoms with Gasteiger partial charge >= 0.3 is 5.97 Å². The van der Waals surface area contributed by atoms with Crippen molar-refractivity contribution in [2.75, 3.05) is 10.6 Å². The molecule has 0 atom stereocenters. The van der Waals surface area contributed by atoms with Gasteiger partial charge in [0.05, 0.1) is 10.5 Å². The van der Waals surface area contributed by atoms with E-state index in [0.29, 0.717) is 0 Å². The SMILES string of the molecule is O=C(O)c1ccccc1N=Nc1c(S(=O)(=O)O)cc2cc(Nc3nc(Cl)nc(Nc4cccc(S(=O)(=O)O)c4)n3)ccc2c1O. The van der Waals surface area contributed by atoms with Crippen LogP contribution >= 0.6 is 11.6 Å². The minimum absolute atomic E-state index is 0.0930. The second kappa shape index (κ2) is 12.0. The molecule has 230 valence electrons. The summed E-state index contributed by atoms with van der Waals surface area (Å²) in [7, 11) is -9.43. The Morgan fingerprint density at radius 2 is 1.44 bits per heavy atom. The zero-order valence-corrected chi connectivity index (χ0v) is 24.6. The molecule has 0 aliphatic carbocycles. The molecule has 5 rings (SSSR count). The number of azo groups is 1. The third-order valence-corrected chi connectivity index (χ3v) is 7.86. The zero-order chi connectivity index (χ0) is 32.5. The Kier molecular flexibility index (Phi) is 8.32. The number of phenols is 1. The van der Waals surface area contributed by atoms with Crippen molar-refractivity contribution >= 4 is 83.2 Å². The molecule has 0 aliphatic heterocycles. The standard InChI is InChI=1S/C26H18ClN7O9S2/c27-24-30-25(28-14-4-3-5-16(12-14)44(38,39)40)32-26(31-24)29-15-8-9-17-13(10-15)11-20(45(41,42)43)21(22(17)35)34-33-19-7-2-1-6-18(19)23(36)37/h1-12,35H,(H,36,37)(H,38,39,40)(H,41,42,43)(H2,28,29,30,31,32). The van der Waals surface area contributed by atoms with Crippen LogP contribution in [0.1, 0.15) is 10.4 Å². The minimum atomic E-state index is -4.97. The lowest BCUT2D eigenvalue weighted by molar-refractivity contribution is 0.0697. The van der Waals surface area contributed by atoms with Crippen molar-refractivity contribution in [2.45, 2.75) is 9.79 Å². The number of aromatic hydroxyl groups is 1. The van der Waals surface area contributed by atoms with Gasteiger partial charge in [0, 0.05) is 16.8 Å². The van der Waals surface area contributed by atoms with E-state index in [2.05, 4.69) is 35.8 Å². The zero-order valence-electron chi connectivity index (χ0n) is 22.2. The topological polar surface area (TPSA) is 254 Å². The molecular formula is C26H18ClN7O9S2. The molecule has 0 spiro atoms.